The molecule has 1 saturated carbocycles. The monoisotopic (exact) mass is 201 g/mol. The molecular formula is C13H15NO. The average Bonchev–Trinajstić information content (AvgIpc) is 3.10. The first-order valence-electron chi connectivity index (χ1n) is 5.46. The lowest BCUT2D eigenvalue weighted by Crippen LogP contribution is -2.09. The minimum atomic E-state index is -0.124. The number of aryl methyl sites for hydroxylation is 1. The molecule has 78 valence electrons. The Kier molecular flexibility index (Phi) is 3.03. The van der Waals surface area contributed by atoms with Crippen LogP contribution in [-0.4, -0.2) is 11.2 Å². The molecule has 0 spiro atoms. The molecule has 0 heterocycles. The largest absolute Gasteiger partial charge is 0.393 e. The van der Waals surface area contributed by atoms with Crippen LogP contribution in [0.2, 0.25) is 0 Å². The van der Waals surface area contributed by atoms with Gasteiger partial charge in [-0.2, -0.15) is 5.26 Å². The van der Waals surface area contributed by atoms with Crippen molar-refractivity contribution in [3.05, 3.63) is 35.4 Å². The number of aliphatic hydroxyl groups excluding tert-OH is 1. The molecule has 2 heteroatoms. The van der Waals surface area contributed by atoms with Crippen LogP contribution in [0.15, 0.2) is 24.3 Å². The van der Waals surface area contributed by atoms with Crippen LogP contribution in [0.1, 0.15) is 30.4 Å². The molecule has 1 unspecified atom stereocenters. The summed E-state index contributed by atoms with van der Waals surface area (Å²) in [4.78, 5) is 0. The summed E-state index contributed by atoms with van der Waals surface area (Å²) in [7, 11) is 0. The highest BCUT2D eigenvalue weighted by Crippen LogP contribution is 2.34. The highest BCUT2D eigenvalue weighted by molar-refractivity contribution is 5.31. The molecule has 2 rings (SSSR count). The first kappa shape index (κ1) is 10.2. The molecule has 0 aliphatic heterocycles. The molecule has 1 N–H and O–H groups in total. The van der Waals surface area contributed by atoms with E-state index in [0.29, 0.717) is 11.5 Å². The molecule has 1 atom stereocenters. The Bertz CT molecular complexity index is 359. The predicted octanol–water partition coefficient (Wildman–Crippen LogP) is 2.26. The van der Waals surface area contributed by atoms with Crippen molar-refractivity contribution in [1.82, 2.24) is 0 Å². The zero-order chi connectivity index (χ0) is 10.7. The Morgan fingerprint density at radius 1 is 1.33 bits per heavy atom. The highest BCUT2D eigenvalue weighted by atomic mass is 16.3. The quantitative estimate of drug-likeness (QED) is 0.812. The van der Waals surface area contributed by atoms with E-state index in [-0.39, 0.29) is 6.10 Å². The molecule has 1 fully saturated rings. The number of benzene rings is 1. The van der Waals surface area contributed by atoms with Crippen LogP contribution in [0.25, 0.3) is 0 Å². The van der Waals surface area contributed by atoms with Crippen molar-refractivity contribution >= 4 is 0 Å². The van der Waals surface area contributed by atoms with Crippen molar-refractivity contribution in [2.75, 3.05) is 0 Å². The van der Waals surface area contributed by atoms with Crippen LogP contribution in [0.5, 0.6) is 0 Å². The summed E-state index contributed by atoms with van der Waals surface area (Å²) in [6.45, 7) is 0. The fourth-order valence-corrected chi connectivity index (χ4v) is 1.78. The summed E-state index contributed by atoms with van der Waals surface area (Å²) >= 11 is 0. The maximum absolute atomic E-state index is 9.70. The van der Waals surface area contributed by atoms with Crippen molar-refractivity contribution in [2.45, 2.75) is 31.8 Å². The van der Waals surface area contributed by atoms with Gasteiger partial charge < -0.3 is 5.11 Å². The van der Waals surface area contributed by atoms with Gasteiger partial charge in [-0.3, -0.25) is 0 Å². The fraction of sp³-hybridized carbons (Fsp3) is 0.462. The Labute approximate surface area is 90.2 Å². The predicted molar refractivity (Wildman–Crippen MR) is 58.2 cm³/mol. The van der Waals surface area contributed by atoms with Crippen LogP contribution >= 0.6 is 0 Å². The highest BCUT2D eigenvalue weighted by Gasteiger charge is 2.28. The summed E-state index contributed by atoms with van der Waals surface area (Å²) in [5.74, 6) is 0.559. The smallest absolute Gasteiger partial charge is 0.0991 e. The van der Waals surface area contributed by atoms with Gasteiger partial charge in [0.05, 0.1) is 17.7 Å². The van der Waals surface area contributed by atoms with E-state index in [2.05, 4.69) is 6.07 Å². The third-order valence-electron chi connectivity index (χ3n) is 2.98. The molecule has 2 nitrogen and oxygen atoms in total. The molecule has 0 amide bonds. The van der Waals surface area contributed by atoms with E-state index < -0.39 is 0 Å². The Morgan fingerprint density at radius 2 is 2.00 bits per heavy atom. The minimum Gasteiger partial charge on any atom is -0.393 e. The van der Waals surface area contributed by atoms with Gasteiger partial charge in [0.1, 0.15) is 0 Å². The molecule has 0 radical (unpaired) electrons. The molecule has 1 aliphatic rings. The van der Waals surface area contributed by atoms with Crippen LogP contribution in [0.4, 0.5) is 0 Å². The summed E-state index contributed by atoms with van der Waals surface area (Å²) in [5.41, 5.74) is 1.90. The van der Waals surface area contributed by atoms with E-state index >= 15 is 0 Å². The molecular weight excluding hydrogens is 186 g/mol. The van der Waals surface area contributed by atoms with E-state index in [1.54, 1.807) is 0 Å². The van der Waals surface area contributed by atoms with Gasteiger partial charge in [-0.25, -0.2) is 0 Å². The average molecular weight is 201 g/mol. The van der Waals surface area contributed by atoms with Gasteiger partial charge in [-0.05, 0) is 49.3 Å². The Balaban J connectivity index is 1.85. The number of nitriles is 1. The lowest BCUT2D eigenvalue weighted by atomic mass is 10.0. The topological polar surface area (TPSA) is 44.0 Å². The van der Waals surface area contributed by atoms with Crippen LogP contribution in [0, 0.1) is 17.2 Å². The van der Waals surface area contributed by atoms with E-state index in [1.165, 1.54) is 18.4 Å². The van der Waals surface area contributed by atoms with Gasteiger partial charge in [0.15, 0.2) is 0 Å². The number of hydrogen-bond acceptors (Lipinski definition) is 2. The van der Waals surface area contributed by atoms with E-state index in [9.17, 15) is 5.11 Å². The Hall–Kier alpha value is -1.33. The molecule has 1 aliphatic carbocycles. The Morgan fingerprint density at radius 3 is 2.53 bits per heavy atom. The van der Waals surface area contributed by atoms with Crippen LogP contribution in [0.3, 0.4) is 0 Å². The zero-order valence-corrected chi connectivity index (χ0v) is 8.69. The SMILES string of the molecule is N#Cc1ccc(CCC(O)C2CC2)cc1. The van der Waals surface area contributed by atoms with Crippen molar-refractivity contribution in [2.24, 2.45) is 5.92 Å². The van der Waals surface area contributed by atoms with Gasteiger partial charge in [0, 0.05) is 0 Å². The summed E-state index contributed by atoms with van der Waals surface area (Å²) in [6, 6.07) is 9.70. The van der Waals surface area contributed by atoms with Gasteiger partial charge in [0.2, 0.25) is 0 Å². The standard InChI is InChI=1S/C13H15NO/c14-9-11-3-1-10(2-4-11)5-8-13(15)12-6-7-12/h1-4,12-13,15H,5-8H2. The maximum atomic E-state index is 9.70. The maximum Gasteiger partial charge on any atom is 0.0991 e. The van der Waals surface area contributed by atoms with Gasteiger partial charge >= 0.3 is 0 Å². The van der Waals surface area contributed by atoms with E-state index in [1.807, 2.05) is 24.3 Å². The van der Waals surface area contributed by atoms with Crippen molar-refractivity contribution in [3.8, 4) is 6.07 Å². The number of rotatable bonds is 4. The van der Waals surface area contributed by atoms with Gasteiger partial charge in [0.25, 0.3) is 0 Å². The van der Waals surface area contributed by atoms with E-state index in [4.69, 9.17) is 5.26 Å². The van der Waals surface area contributed by atoms with E-state index in [0.717, 1.165) is 12.8 Å². The first-order valence-corrected chi connectivity index (χ1v) is 5.46. The molecule has 0 aromatic heterocycles. The number of aliphatic hydroxyl groups is 1. The lowest BCUT2D eigenvalue weighted by Gasteiger charge is -2.08. The first-order chi connectivity index (χ1) is 7.29. The second-order valence-corrected chi connectivity index (χ2v) is 4.25. The minimum absolute atomic E-state index is 0.124. The lowest BCUT2D eigenvalue weighted by molar-refractivity contribution is 0.142. The zero-order valence-electron chi connectivity index (χ0n) is 8.69. The molecule has 0 bridgehead atoms. The molecule has 1 aromatic carbocycles. The normalized spacial score (nSPS) is 17.1. The van der Waals surface area contributed by atoms with Crippen LogP contribution in [-0.2, 0) is 6.42 Å². The summed E-state index contributed by atoms with van der Waals surface area (Å²) < 4.78 is 0. The third-order valence-corrected chi connectivity index (χ3v) is 2.98. The number of nitrogens with zero attached hydrogens (tertiary/aromatic N) is 1. The summed E-state index contributed by atoms with van der Waals surface area (Å²) in [6.07, 6.45) is 4.00. The molecule has 15 heavy (non-hydrogen) atoms. The second-order valence-electron chi connectivity index (χ2n) is 4.25. The van der Waals surface area contributed by atoms with Crippen LogP contribution < -0.4 is 0 Å². The summed E-state index contributed by atoms with van der Waals surface area (Å²) in [5, 5.41) is 18.3. The number of hydrogen-bond donors (Lipinski definition) is 1. The third kappa shape index (κ3) is 2.81. The van der Waals surface area contributed by atoms with Gasteiger partial charge in [-0.15, -0.1) is 0 Å². The van der Waals surface area contributed by atoms with Crippen molar-refractivity contribution in [1.29, 1.82) is 5.26 Å². The van der Waals surface area contributed by atoms with Gasteiger partial charge in [-0.1, -0.05) is 12.1 Å². The molecule has 0 saturated heterocycles. The van der Waals surface area contributed by atoms with Crippen molar-refractivity contribution < 1.29 is 5.11 Å². The molecule has 1 aromatic rings. The van der Waals surface area contributed by atoms with Crippen molar-refractivity contribution in [3.63, 3.8) is 0 Å². The fourth-order valence-electron chi connectivity index (χ4n) is 1.78. The second kappa shape index (κ2) is 4.46.